The van der Waals surface area contributed by atoms with Crippen molar-refractivity contribution in [2.24, 2.45) is 5.92 Å². The van der Waals surface area contributed by atoms with Crippen LogP contribution in [0.3, 0.4) is 0 Å². The molecule has 94 valence electrons. The predicted molar refractivity (Wildman–Crippen MR) is 67.4 cm³/mol. The summed E-state index contributed by atoms with van der Waals surface area (Å²) in [6.07, 6.45) is 4.40. The number of esters is 1. The van der Waals surface area contributed by atoms with Crippen LogP contribution in [0.1, 0.15) is 36.0 Å². The summed E-state index contributed by atoms with van der Waals surface area (Å²) in [7, 11) is 1.56. The summed E-state index contributed by atoms with van der Waals surface area (Å²) in [6.45, 7) is 0. The summed E-state index contributed by atoms with van der Waals surface area (Å²) < 4.78 is 10.7. The highest BCUT2D eigenvalue weighted by molar-refractivity contribution is 5.93. The Morgan fingerprint density at radius 2 is 2.11 bits per heavy atom. The smallest absolute Gasteiger partial charge is 0.346 e. The number of methoxy groups -OCH3 is 1. The van der Waals surface area contributed by atoms with Gasteiger partial charge in [-0.05, 0) is 42.9 Å². The van der Waals surface area contributed by atoms with Gasteiger partial charge in [-0.2, -0.15) is 0 Å². The number of carbonyl (C=O) groups is 1. The van der Waals surface area contributed by atoms with E-state index < -0.39 is 0 Å². The fraction of sp³-hybridized carbons (Fsp3) is 0.400. The van der Waals surface area contributed by atoms with Gasteiger partial charge in [-0.25, -0.2) is 4.79 Å². The highest BCUT2D eigenvalue weighted by Crippen LogP contribution is 2.44. The van der Waals surface area contributed by atoms with E-state index in [0.717, 1.165) is 25.0 Å². The number of para-hydroxylation sites is 1. The molecule has 1 fully saturated rings. The molecule has 0 saturated heterocycles. The van der Waals surface area contributed by atoms with E-state index in [0.29, 0.717) is 17.2 Å². The Morgan fingerprint density at radius 3 is 2.78 bits per heavy atom. The molecule has 1 aromatic carbocycles. The number of rotatable bonds is 3. The van der Waals surface area contributed by atoms with Gasteiger partial charge in [0.25, 0.3) is 0 Å². The summed E-state index contributed by atoms with van der Waals surface area (Å²) in [6, 6.07) is 7.17. The molecule has 3 rings (SSSR count). The van der Waals surface area contributed by atoms with E-state index in [-0.39, 0.29) is 5.97 Å². The minimum absolute atomic E-state index is 0.303. The molecular formula is C15H16O3. The normalized spacial score (nSPS) is 21.3. The van der Waals surface area contributed by atoms with Gasteiger partial charge in [-0.15, -0.1) is 0 Å². The molecule has 3 heteroatoms. The van der Waals surface area contributed by atoms with E-state index in [4.69, 9.17) is 9.47 Å². The number of hydrogen-bond acceptors (Lipinski definition) is 3. The van der Waals surface area contributed by atoms with Crippen molar-refractivity contribution in [2.45, 2.75) is 25.7 Å². The molecule has 1 saturated carbocycles. The van der Waals surface area contributed by atoms with Gasteiger partial charge in [0, 0.05) is 6.42 Å². The molecule has 3 nitrogen and oxygen atoms in total. The molecule has 2 aliphatic rings. The molecule has 1 unspecified atom stereocenters. The van der Waals surface area contributed by atoms with E-state index in [1.165, 1.54) is 12.0 Å². The second-order valence-electron chi connectivity index (χ2n) is 4.93. The Bertz CT molecular complexity index is 516. The van der Waals surface area contributed by atoms with Gasteiger partial charge in [0.2, 0.25) is 0 Å². The number of benzene rings is 1. The van der Waals surface area contributed by atoms with Crippen molar-refractivity contribution in [1.82, 2.24) is 0 Å². The van der Waals surface area contributed by atoms with Gasteiger partial charge < -0.3 is 9.47 Å². The first kappa shape index (κ1) is 11.3. The van der Waals surface area contributed by atoms with Crippen molar-refractivity contribution in [2.75, 3.05) is 7.11 Å². The fourth-order valence-electron chi connectivity index (χ4n) is 2.86. The standard InChI is InChI=1S/C15H16O3/c1-17-13-5-3-2-4-12(13)15(16)18-14-9-10-6-7-11(14)8-10/h2-5,10H,6-9H2,1H3. The van der Waals surface area contributed by atoms with Crippen LogP contribution in [-0.2, 0) is 4.74 Å². The fourth-order valence-corrected chi connectivity index (χ4v) is 2.86. The highest BCUT2D eigenvalue weighted by Gasteiger charge is 2.32. The zero-order chi connectivity index (χ0) is 12.5. The first-order chi connectivity index (χ1) is 8.78. The quantitative estimate of drug-likeness (QED) is 0.765. The van der Waals surface area contributed by atoms with Gasteiger partial charge in [-0.1, -0.05) is 12.1 Å². The number of allylic oxidation sites excluding steroid dienone is 2. The summed E-state index contributed by atoms with van der Waals surface area (Å²) >= 11 is 0. The molecule has 0 heterocycles. The minimum Gasteiger partial charge on any atom is -0.496 e. The van der Waals surface area contributed by atoms with Gasteiger partial charge in [-0.3, -0.25) is 0 Å². The van der Waals surface area contributed by atoms with Crippen LogP contribution in [0.5, 0.6) is 5.75 Å². The Morgan fingerprint density at radius 1 is 1.28 bits per heavy atom. The lowest BCUT2D eigenvalue weighted by molar-refractivity contribution is 0.0603. The first-order valence-corrected chi connectivity index (χ1v) is 6.34. The Labute approximate surface area is 106 Å². The Kier molecular flexibility index (Phi) is 2.82. The van der Waals surface area contributed by atoms with Crippen molar-refractivity contribution in [3.05, 3.63) is 41.2 Å². The largest absolute Gasteiger partial charge is 0.496 e. The van der Waals surface area contributed by atoms with Crippen LogP contribution in [0, 0.1) is 5.92 Å². The van der Waals surface area contributed by atoms with Crippen LogP contribution in [0.2, 0.25) is 0 Å². The molecule has 0 radical (unpaired) electrons. The van der Waals surface area contributed by atoms with Gasteiger partial charge in [0.1, 0.15) is 17.1 Å². The zero-order valence-electron chi connectivity index (χ0n) is 10.4. The predicted octanol–water partition coefficient (Wildman–Crippen LogP) is 3.31. The molecule has 0 spiro atoms. The van der Waals surface area contributed by atoms with E-state index in [1.807, 2.05) is 12.1 Å². The molecule has 2 aliphatic carbocycles. The average molecular weight is 244 g/mol. The highest BCUT2D eigenvalue weighted by atomic mass is 16.5. The number of fused-ring (bicyclic) bond motifs is 2. The second kappa shape index (κ2) is 4.48. The van der Waals surface area contributed by atoms with Gasteiger partial charge in [0.15, 0.2) is 0 Å². The lowest BCUT2D eigenvalue weighted by Gasteiger charge is -2.13. The zero-order valence-corrected chi connectivity index (χ0v) is 10.4. The van der Waals surface area contributed by atoms with Gasteiger partial charge in [0.05, 0.1) is 7.11 Å². The van der Waals surface area contributed by atoms with Gasteiger partial charge >= 0.3 is 5.97 Å². The maximum absolute atomic E-state index is 12.1. The van der Waals surface area contributed by atoms with Crippen molar-refractivity contribution in [1.29, 1.82) is 0 Å². The third-order valence-corrected chi connectivity index (χ3v) is 3.80. The monoisotopic (exact) mass is 244 g/mol. The molecular weight excluding hydrogens is 228 g/mol. The van der Waals surface area contributed by atoms with Crippen molar-refractivity contribution in [3.63, 3.8) is 0 Å². The molecule has 0 aliphatic heterocycles. The second-order valence-corrected chi connectivity index (χ2v) is 4.93. The third-order valence-electron chi connectivity index (χ3n) is 3.80. The van der Waals surface area contributed by atoms with Crippen LogP contribution < -0.4 is 4.74 Å². The third kappa shape index (κ3) is 1.90. The molecule has 0 aromatic heterocycles. The van der Waals surface area contributed by atoms with Crippen LogP contribution in [0.15, 0.2) is 35.6 Å². The molecule has 18 heavy (non-hydrogen) atoms. The summed E-state index contributed by atoms with van der Waals surface area (Å²) in [5.41, 5.74) is 1.83. The Balaban J connectivity index is 1.79. The minimum atomic E-state index is -0.303. The maximum Gasteiger partial charge on any atom is 0.346 e. The lowest BCUT2D eigenvalue weighted by atomic mass is 10.0. The van der Waals surface area contributed by atoms with Crippen molar-refractivity contribution in [3.8, 4) is 5.75 Å². The van der Waals surface area contributed by atoms with Crippen LogP contribution >= 0.6 is 0 Å². The van der Waals surface area contributed by atoms with E-state index in [9.17, 15) is 4.79 Å². The number of ether oxygens (including phenoxy) is 2. The molecule has 2 bridgehead atoms. The van der Waals surface area contributed by atoms with E-state index in [2.05, 4.69) is 0 Å². The topological polar surface area (TPSA) is 35.5 Å². The van der Waals surface area contributed by atoms with Crippen LogP contribution in [0.25, 0.3) is 0 Å². The summed E-state index contributed by atoms with van der Waals surface area (Å²) in [5.74, 6) is 1.88. The molecule has 0 amide bonds. The lowest BCUT2D eigenvalue weighted by Crippen LogP contribution is -2.08. The SMILES string of the molecule is COc1ccccc1C(=O)OC1=C2CCC(C2)C1. The summed E-state index contributed by atoms with van der Waals surface area (Å²) in [5, 5.41) is 0. The summed E-state index contributed by atoms with van der Waals surface area (Å²) in [4.78, 5) is 12.1. The average Bonchev–Trinajstić information content (AvgIpc) is 3.01. The van der Waals surface area contributed by atoms with E-state index in [1.54, 1.807) is 19.2 Å². The number of carbonyl (C=O) groups excluding carboxylic acids is 1. The van der Waals surface area contributed by atoms with Crippen molar-refractivity contribution < 1.29 is 14.3 Å². The molecule has 0 N–H and O–H groups in total. The van der Waals surface area contributed by atoms with Crippen LogP contribution in [0.4, 0.5) is 0 Å². The molecule has 1 aromatic rings. The maximum atomic E-state index is 12.1. The van der Waals surface area contributed by atoms with Crippen LogP contribution in [-0.4, -0.2) is 13.1 Å². The van der Waals surface area contributed by atoms with Crippen molar-refractivity contribution >= 4 is 5.97 Å². The first-order valence-electron chi connectivity index (χ1n) is 6.34. The number of hydrogen-bond donors (Lipinski definition) is 0. The Hall–Kier alpha value is -1.77. The van der Waals surface area contributed by atoms with E-state index >= 15 is 0 Å². The molecule has 1 atom stereocenters.